The van der Waals surface area contributed by atoms with E-state index in [0.717, 1.165) is 18.9 Å². The number of nitrogens with one attached hydrogen (secondary N) is 1. The molecule has 2 saturated heterocycles. The monoisotopic (exact) mass is 513 g/mol. The van der Waals surface area contributed by atoms with Gasteiger partial charge in [-0.3, -0.25) is 9.59 Å². The quantitative estimate of drug-likeness (QED) is 0.322. The summed E-state index contributed by atoms with van der Waals surface area (Å²) in [4.78, 5) is 44.9. The van der Waals surface area contributed by atoms with Crippen molar-refractivity contribution in [3.05, 3.63) is 47.3 Å². The Morgan fingerprint density at radius 2 is 1.53 bits per heavy atom. The molecular formula is C24H30F3N3O6. The molecule has 198 valence electrons. The Morgan fingerprint density at radius 1 is 1.03 bits per heavy atom. The van der Waals surface area contributed by atoms with Gasteiger partial charge >= 0.3 is 11.9 Å². The lowest BCUT2D eigenvalue weighted by molar-refractivity contribution is -0.140. The van der Waals surface area contributed by atoms with Crippen LogP contribution in [0.15, 0.2) is 24.3 Å². The fourth-order valence-electron chi connectivity index (χ4n) is 4.80. The summed E-state index contributed by atoms with van der Waals surface area (Å²) in [5.41, 5.74) is 6.36. The molecule has 36 heavy (non-hydrogen) atoms. The number of nitrogens with zero attached hydrogens (tertiary/aromatic N) is 1. The van der Waals surface area contributed by atoms with Crippen molar-refractivity contribution < 1.29 is 42.6 Å². The number of rotatable bonds is 7. The number of fused-ring (bicyclic) bond motifs is 2. The minimum absolute atomic E-state index is 0.0355. The molecule has 0 unspecified atom stereocenters. The molecule has 0 radical (unpaired) electrons. The predicted molar refractivity (Wildman–Crippen MR) is 122 cm³/mol. The lowest BCUT2D eigenvalue weighted by Gasteiger charge is -2.42. The number of amides is 2. The topological polar surface area (TPSA) is 150 Å². The number of carbonyl (C=O) groups excluding carboxylic acids is 2. The van der Waals surface area contributed by atoms with Gasteiger partial charge in [-0.25, -0.2) is 22.8 Å². The van der Waals surface area contributed by atoms with E-state index in [-0.39, 0.29) is 41.8 Å². The van der Waals surface area contributed by atoms with Crippen molar-refractivity contribution in [2.75, 3.05) is 0 Å². The standard InChI is InChI=1S/C20H26F3N3O2.C4H4O4/c1-10(25-11(2)27)20(28)26-14-3-4-15(26)6-13(5-14)19(24)8-12-7-17(22)18(23)9-16(12)21;5-3(6)1-2-4(7)8/h7,9-10,13-15,19H,3-6,8,24H2,1-2H3,(H,25,27);1-2H,(H,5,6)(H,7,8)/b;2-1-/t10-,13-,14-,15+,19+;/m0./s1. The lowest BCUT2D eigenvalue weighted by Crippen LogP contribution is -2.55. The van der Waals surface area contributed by atoms with Crippen molar-refractivity contribution in [1.29, 1.82) is 0 Å². The highest BCUT2D eigenvalue weighted by molar-refractivity contribution is 5.89. The molecule has 1 aromatic carbocycles. The van der Waals surface area contributed by atoms with Crippen LogP contribution in [-0.4, -0.2) is 63.0 Å². The van der Waals surface area contributed by atoms with Crippen molar-refractivity contribution in [3.63, 3.8) is 0 Å². The Labute approximate surface area is 206 Å². The van der Waals surface area contributed by atoms with Crippen molar-refractivity contribution in [2.45, 2.75) is 70.1 Å². The third-order valence-electron chi connectivity index (χ3n) is 6.33. The first kappa shape index (κ1) is 28.8. The van der Waals surface area contributed by atoms with Crippen LogP contribution in [0.1, 0.15) is 45.1 Å². The summed E-state index contributed by atoms with van der Waals surface area (Å²) in [5.74, 6) is -5.90. The average Bonchev–Trinajstić information content (AvgIpc) is 3.04. The van der Waals surface area contributed by atoms with Crippen LogP contribution >= 0.6 is 0 Å². The van der Waals surface area contributed by atoms with Gasteiger partial charge in [-0.05, 0) is 56.6 Å². The molecule has 0 spiro atoms. The Morgan fingerprint density at radius 3 is 2.00 bits per heavy atom. The van der Waals surface area contributed by atoms with E-state index in [2.05, 4.69) is 5.32 Å². The normalized spacial score (nSPS) is 22.4. The molecule has 0 saturated carbocycles. The van der Waals surface area contributed by atoms with Crippen molar-refractivity contribution in [1.82, 2.24) is 10.2 Å². The van der Waals surface area contributed by atoms with Crippen molar-refractivity contribution >= 4 is 23.8 Å². The molecule has 12 heteroatoms. The van der Waals surface area contributed by atoms with Gasteiger partial charge in [-0.15, -0.1) is 0 Å². The smallest absolute Gasteiger partial charge is 0.328 e. The predicted octanol–water partition coefficient (Wildman–Crippen LogP) is 1.98. The van der Waals surface area contributed by atoms with Crippen LogP contribution in [0.5, 0.6) is 0 Å². The molecule has 2 heterocycles. The maximum absolute atomic E-state index is 13.9. The van der Waals surface area contributed by atoms with Crippen LogP contribution in [0.25, 0.3) is 0 Å². The molecule has 0 aromatic heterocycles. The van der Waals surface area contributed by atoms with E-state index < -0.39 is 41.5 Å². The third kappa shape index (κ3) is 7.80. The van der Waals surface area contributed by atoms with E-state index in [1.165, 1.54) is 6.92 Å². The number of piperidine rings is 1. The summed E-state index contributed by atoms with van der Waals surface area (Å²) in [6.45, 7) is 3.05. The fourth-order valence-corrected chi connectivity index (χ4v) is 4.80. The van der Waals surface area contributed by atoms with E-state index in [1.807, 2.05) is 4.90 Å². The molecule has 0 aliphatic carbocycles. The molecule has 2 bridgehead atoms. The highest BCUT2D eigenvalue weighted by atomic mass is 19.2. The minimum atomic E-state index is -1.26. The van der Waals surface area contributed by atoms with Gasteiger partial charge in [-0.2, -0.15) is 0 Å². The molecule has 9 nitrogen and oxygen atoms in total. The first-order chi connectivity index (χ1) is 16.8. The largest absolute Gasteiger partial charge is 0.478 e. The summed E-state index contributed by atoms with van der Waals surface area (Å²) >= 11 is 0. The van der Waals surface area contributed by atoms with Gasteiger partial charge in [0, 0.05) is 43.3 Å². The number of carboxylic acids is 2. The number of aliphatic carboxylic acids is 2. The van der Waals surface area contributed by atoms with Crippen LogP contribution in [-0.2, 0) is 25.6 Å². The Balaban J connectivity index is 0.000000493. The molecule has 2 aliphatic rings. The number of carbonyl (C=O) groups is 4. The molecule has 5 atom stereocenters. The van der Waals surface area contributed by atoms with Gasteiger partial charge in [0.15, 0.2) is 11.6 Å². The summed E-state index contributed by atoms with van der Waals surface area (Å²) < 4.78 is 40.5. The van der Waals surface area contributed by atoms with E-state index in [4.69, 9.17) is 15.9 Å². The zero-order valence-electron chi connectivity index (χ0n) is 19.9. The minimum Gasteiger partial charge on any atom is -0.478 e. The van der Waals surface area contributed by atoms with Crippen molar-refractivity contribution in [2.24, 2.45) is 11.7 Å². The summed E-state index contributed by atoms with van der Waals surface area (Å²) in [6, 6.07) is 0.495. The molecular weight excluding hydrogens is 483 g/mol. The average molecular weight is 514 g/mol. The second-order valence-corrected chi connectivity index (χ2v) is 9.02. The zero-order chi connectivity index (χ0) is 27.2. The van der Waals surface area contributed by atoms with E-state index >= 15 is 0 Å². The van der Waals surface area contributed by atoms with Gasteiger partial charge in [-0.1, -0.05) is 0 Å². The molecule has 3 rings (SSSR count). The van der Waals surface area contributed by atoms with Crippen LogP contribution < -0.4 is 11.1 Å². The summed E-state index contributed by atoms with van der Waals surface area (Å²) in [7, 11) is 0. The summed E-state index contributed by atoms with van der Waals surface area (Å²) in [6.07, 6.45) is 4.33. The van der Waals surface area contributed by atoms with Crippen LogP contribution in [0.3, 0.4) is 0 Å². The lowest BCUT2D eigenvalue weighted by atomic mass is 9.82. The number of hydrogen-bond donors (Lipinski definition) is 4. The maximum atomic E-state index is 13.9. The van der Waals surface area contributed by atoms with Crippen molar-refractivity contribution in [3.8, 4) is 0 Å². The first-order valence-electron chi connectivity index (χ1n) is 11.4. The number of hydrogen-bond acceptors (Lipinski definition) is 5. The van der Waals surface area contributed by atoms with Gasteiger partial charge < -0.3 is 26.2 Å². The van der Waals surface area contributed by atoms with E-state index in [9.17, 15) is 32.3 Å². The van der Waals surface area contributed by atoms with Crippen LogP contribution in [0.2, 0.25) is 0 Å². The zero-order valence-corrected chi connectivity index (χ0v) is 19.9. The fraction of sp³-hybridized carbons (Fsp3) is 0.500. The van der Waals surface area contributed by atoms with Gasteiger partial charge in [0.25, 0.3) is 0 Å². The van der Waals surface area contributed by atoms with Crippen LogP contribution in [0.4, 0.5) is 13.2 Å². The number of benzene rings is 1. The van der Waals surface area contributed by atoms with Crippen LogP contribution in [0, 0.1) is 23.4 Å². The second-order valence-electron chi connectivity index (χ2n) is 9.02. The third-order valence-corrected chi connectivity index (χ3v) is 6.33. The highest BCUT2D eigenvalue weighted by Crippen LogP contribution is 2.40. The Bertz CT molecular complexity index is 1000. The Hall–Kier alpha value is -3.41. The highest BCUT2D eigenvalue weighted by Gasteiger charge is 2.45. The number of carboxylic acid groups (broad SMARTS) is 2. The first-order valence-corrected chi connectivity index (χ1v) is 11.4. The Kier molecular flexibility index (Phi) is 10.0. The van der Waals surface area contributed by atoms with E-state index in [1.54, 1.807) is 6.92 Å². The van der Waals surface area contributed by atoms with E-state index in [0.29, 0.717) is 31.1 Å². The molecule has 2 fully saturated rings. The summed E-state index contributed by atoms with van der Waals surface area (Å²) in [5, 5.41) is 18.3. The molecule has 2 amide bonds. The SMILES string of the molecule is CC(=O)N[C@@H](C)C(=O)N1[C@@H]2CC[C@H]1C[C@H]([C@H](N)Cc1cc(F)c(F)cc1F)C2.O=C(O)/C=C\C(=O)O. The molecule has 2 aliphatic heterocycles. The van der Waals surface area contributed by atoms with Gasteiger partial charge in [0.05, 0.1) is 0 Å². The second kappa shape index (κ2) is 12.5. The van der Waals surface area contributed by atoms with Gasteiger partial charge in [0.2, 0.25) is 11.8 Å². The molecule has 5 N–H and O–H groups in total. The van der Waals surface area contributed by atoms with Gasteiger partial charge in [0.1, 0.15) is 11.9 Å². The molecule has 1 aromatic rings. The number of halogens is 3. The number of nitrogens with two attached hydrogens (primary N) is 1. The maximum Gasteiger partial charge on any atom is 0.328 e.